The van der Waals surface area contributed by atoms with Crippen molar-refractivity contribution >= 4 is 0 Å². The highest BCUT2D eigenvalue weighted by molar-refractivity contribution is 5.25. The Morgan fingerprint density at radius 2 is 2.12 bits per heavy atom. The van der Waals surface area contributed by atoms with E-state index < -0.39 is 0 Å². The lowest BCUT2D eigenvalue weighted by Gasteiger charge is -2.16. The fraction of sp³-hybridized carbons (Fsp3) is 0.538. The summed E-state index contributed by atoms with van der Waals surface area (Å²) in [6.45, 7) is 10.1. The van der Waals surface area contributed by atoms with Crippen LogP contribution in [0.25, 0.3) is 0 Å². The van der Waals surface area contributed by atoms with Gasteiger partial charge in [0.05, 0.1) is 11.4 Å². The summed E-state index contributed by atoms with van der Waals surface area (Å²) < 4.78 is 0. The molecule has 0 aliphatic carbocycles. The third kappa shape index (κ3) is 3.14. The van der Waals surface area contributed by atoms with Gasteiger partial charge in [-0.3, -0.25) is 0 Å². The van der Waals surface area contributed by atoms with Gasteiger partial charge >= 0.3 is 0 Å². The van der Waals surface area contributed by atoms with Crippen molar-refractivity contribution in [2.75, 3.05) is 0 Å². The van der Waals surface area contributed by atoms with E-state index in [1.54, 1.807) is 0 Å². The molecule has 0 fully saturated rings. The minimum Gasteiger partial charge on any atom is -0.324 e. The van der Waals surface area contributed by atoms with Crippen molar-refractivity contribution < 1.29 is 0 Å². The van der Waals surface area contributed by atoms with E-state index in [9.17, 15) is 0 Å². The second kappa shape index (κ2) is 5.75. The van der Waals surface area contributed by atoms with Crippen molar-refractivity contribution in [1.29, 1.82) is 0 Å². The molecule has 3 heteroatoms. The summed E-state index contributed by atoms with van der Waals surface area (Å²) in [6.07, 6.45) is 2.68. The monoisotopic (exact) mass is 219 g/mol. The molecule has 1 rings (SSSR count). The fourth-order valence-corrected chi connectivity index (χ4v) is 1.70. The number of nitrogens with two attached hydrogens (primary N) is 1. The molecular formula is C13H21N3. The van der Waals surface area contributed by atoms with Crippen molar-refractivity contribution in [2.24, 2.45) is 5.73 Å². The van der Waals surface area contributed by atoms with Crippen LogP contribution in [0, 0.1) is 6.92 Å². The molecule has 88 valence electrons. The zero-order valence-corrected chi connectivity index (χ0v) is 10.5. The molecular weight excluding hydrogens is 198 g/mol. The zero-order valence-electron chi connectivity index (χ0n) is 10.5. The Bertz CT molecular complexity index is 371. The standard InChI is InChI=1S/C13H21N3/c1-5-9(3)7-12(14)11-8-10(4)15-16-13(11)6-2/h8,12H,3,5-7,14H2,1-2,4H3. The molecule has 1 aromatic heterocycles. The summed E-state index contributed by atoms with van der Waals surface area (Å²) in [5, 5.41) is 8.26. The highest BCUT2D eigenvalue weighted by atomic mass is 15.1. The average Bonchev–Trinajstić information content (AvgIpc) is 2.28. The van der Waals surface area contributed by atoms with Crippen LogP contribution >= 0.6 is 0 Å². The molecule has 1 heterocycles. The van der Waals surface area contributed by atoms with Crippen LogP contribution in [0.15, 0.2) is 18.2 Å². The largest absolute Gasteiger partial charge is 0.324 e. The second-order valence-electron chi connectivity index (χ2n) is 4.16. The van der Waals surface area contributed by atoms with Crippen LogP contribution in [0.1, 0.15) is 49.7 Å². The Morgan fingerprint density at radius 1 is 1.44 bits per heavy atom. The Balaban J connectivity index is 2.92. The quantitative estimate of drug-likeness (QED) is 0.775. The summed E-state index contributed by atoms with van der Waals surface area (Å²) in [5.41, 5.74) is 10.4. The Labute approximate surface area is 97.8 Å². The van der Waals surface area contributed by atoms with Crippen LogP contribution in [0.3, 0.4) is 0 Å². The molecule has 1 unspecified atom stereocenters. The predicted molar refractivity (Wildman–Crippen MR) is 67.1 cm³/mol. The second-order valence-corrected chi connectivity index (χ2v) is 4.16. The van der Waals surface area contributed by atoms with Gasteiger partial charge in [-0.2, -0.15) is 10.2 Å². The van der Waals surface area contributed by atoms with Crippen LogP contribution in [-0.2, 0) is 6.42 Å². The van der Waals surface area contributed by atoms with E-state index in [0.29, 0.717) is 0 Å². The SMILES string of the molecule is C=C(CC)CC(N)c1cc(C)nnc1CC. The number of hydrogen-bond donors (Lipinski definition) is 1. The van der Waals surface area contributed by atoms with Gasteiger partial charge in [0.25, 0.3) is 0 Å². The molecule has 1 atom stereocenters. The van der Waals surface area contributed by atoms with E-state index >= 15 is 0 Å². The van der Waals surface area contributed by atoms with E-state index in [2.05, 4.69) is 30.6 Å². The first-order valence-corrected chi connectivity index (χ1v) is 5.83. The van der Waals surface area contributed by atoms with Crippen LogP contribution in [0.2, 0.25) is 0 Å². The molecule has 0 saturated carbocycles. The van der Waals surface area contributed by atoms with E-state index in [1.165, 1.54) is 5.57 Å². The maximum atomic E-state index is 6.19. The molecule has 0 radical (unpaired) electrons. The number of aryl methyl sites for hydroxylation is 2. The molecule has 0 amide bonds. The maximum Gasteiger partial charge on any atom is 0.0676 e. The molecule has 0 spiro atoms. The van der Waals surface area contributed by atoms with Crippen molar-refractivity contribution in [3.63, 3.8) is 0 Å². The molecule has 0 bridgehead atoms. The van der Waals surface area contributed by atoms with Crippen molar-refractivity contribution in [3.05, 3.63) is 35.2 Å². The Kier molecular flexibility index (Phi) is 4.62. The molecule has 0 aliphatic heterocycles. The first-order chi connectivity index (χ1) is 7.58. The van der Waals surface area contributed by atoms with E-state index in [1.807, 2.05) is 13.0 Å². The lowest BCUT2D eigenvalue weighted by molar-refractivity contribution is 0.676. The summed E-state index contributed by atoms with van der Waals surface area (Å²) >= 11 is 0. The van der Waals surface area contributed by atoms with Gasteiger partial charge in [-0.1, -0.05) is 26.0 Å². The van der Waals surface area contributed by atoms with Gasteiger partial charge in [0.15, 0.2) is 0 Å². The van der Waals surface area contributed by atoms with Crippen molar-refractivity contribution in [2.45, 2.75) is 46.1 Å². The lowest BCUT2D eigenvalue weighted by Crippen LogP contribution is -2.15. The van der Waals surface area contributed by atoms with E-state index in [4.69, 9.17) is 5.73 Å². The molecule has 3 nitrogen and oxygen atoms in total. The predicted octanol–water partition coefficient (Wildman–Crippen LogP) is 2.70. The zero-order chi connectivity index (χ0) is 12.1. The molecule has 2 N–H and O–H groups in total. The number of hydrogen-bond acceptors (Lipinski definition) is 3. The normalized spacial score (nSPS) is 12.5. The maximum absolute atomic E-state index is 6.19. The molecule has 1 aromatic rings. The van der Waals surface area contributed by atoms with Crippen LogP contribution in [0.5, 0.6) is 0 Å². The van der Waals surface area contributed by atoms with Gasteiger partial charge in [0.2, 0.25) is 0 Å². The summed E-state index contributed by atoms with van der Waals surface area (Å²) in [5.74, 6) is 0. The number of aromatic nitrogens is 2. The first-order valence-electron chi connectivity index (χ1n) is 5.83. The van der Waals surface area contributed by atoms with Gasteiger partial charge in [0, 0.05) is 6.04 Å². The van der Waals surface area contributed by atoms with Gasteiger partial charge in [-0.25, -0.2) is 0 Å². The number of nitrogens with zero attached hydrogens (tertiary/aromatic N) is 2. The molecule has 16 heavy (non-hydrogen) atoms. The van der Waals surface area contributed by atoms with Crippen LogP contribution < -0.4 is 5.73 Å². The third-order valence-electron chi connectivity index (χ3n) is 2.77. The molecule has 0 aromatic carbocycles. The van der Waals surface area contributed by atoms with Gasteiger partial charge < -0.3 is 5.73 Å². The van der Waals surface area contributed by atoms with Crippen molar-refractivity contribution in [1.82, 2.24) is 10.2 Å². The van der Waals surface area contributed by atoms with Gasteiger partial charge in [-0.05, 0) is 37.8 Å². The average molecular weight is 219 g/mol. The van der Waals surface area contributed by atoms with Gasteiger partial charge in [0.1, 0.15) is 0 Å². The Morgan fingerprint density at radius 3 is 2.69 bits per heavy atom. The highest BCUT2D eigenvalue weighted by Crippen LogP contribution is 2.22. The minimum atomic E-state index is -0.00315. The smallest absolute Gasteiger partial charge is 0.0676 e. The van der Waals surface area contributed by atoms with Crippen molar-refractivity contribution in [3.8, 4) is 0 Å². The fourth-order valence-electron chi connectivity index (χ4n) is 1.70. The minimum absolute atomic E-state index is 0.00315. The van der Waals surface area contributed by atoms with Crippen LogP contribution in [0.4, 0.5) is 0 Å². The summed E-state index contributed by atoms with van der Waals surface area (Å²) in [4.78, 5) is 0. The summed E-state index contributed by atoms with van der Waals surface area (Å²) in [7, 11) is 0. The van der Waals surface area contributed by atoms with E-state index in [0.717, 1.165) is 36.2 Å². The topological polar surface area (TPSA) is 51.8 Å². The summed E-state index contributed by atoms with van der Waals surface area (Å²) in [6, 6.07) is 2.04. The number of rotatable bonds is 5. The third-order valence-corrected chi connectivity index (χ3v) is 2.77. The molecule has 0 saturated heterocycles. The van der Waals surface area contributed by atoms with Gasteiger partial charge in [-0.15, -0.1) is 0 Å². The highest BCUT2D eigenvalue weighted by Gasteiger charge is 2.13. The Hall–Kier alpha value is -1.22. The lowest BCUT2D eigenvalue weighted by atomic mass is 9.97. The van der Waals surface area contributed by atoms with Crippen LogP contribution in [-0.4, -0.2) is 10.2 Å². The molecule has 0 aliphatic rings. The van der Waals surface area contributed by atoms with E-state index in [-0.39, 0.29) is 6.04 Å². The first kappa shape index (κ1) is 12.8.